The van der Waals surface area contributed by atoms with E-state index in [1.54, 1.807) is 6.92 Å². The Balaban J connectivity index is 2.12. The lowest BCUT2D eigenvalue weighted by Crippen LogP contribution is -2.86. The lowest BCUT2D eigenvalue weighted by Gasteiger charge is -2.11. The first-order valence-corrected chi connectivity index (χ1v) is 9.18. The summed E-state index contributed by atoms with van der Waals surface area (Å²) in [6, 6.07) is 9.94. The van der Waals surface area contributed by atoms with E-state index in [2.05, 4.69) is 5.32 Å². The maximum atomic E-state index is 12.4. The van der Waals surface area contributed by atoms with Gasteiger partial charge in [0.15, 0.2) is 6.54 Å². The van der Waals surface area contributed by atoms with Crippen LogP contribution in [0.2, 0.25) is 0 Å². The third kappa shape index (κ3) is 4.93. The van der Waals surface area contributed by atoms with Gasteiger partial charge in [0.05, 0.1) is 19.8 Å². The van der Waals surface area contributed by atoms with Crippen molar-refractivity contribution < 1.29 is 29.2 Å². The number of hydrogen-bond acceptors (Lipinski definition) is 6. The molecule has 1 atom stereocenters. The van der Waals surface area contributed by atoms with Crippen molar-refractivity contribution in [3.05, 3.63) is 51.9 Å². The minimum absolute atomic E-state index is 0.104. The van der Waals surface area contributed by atoms with E-state index in [1.165, 1.54) is 14.2 Å². The fraction of sp³-hybridized carbons (Fsp3) is 0.316. The van der Waals surface area contributed by atoms with Gasteiger partial charge in [-0.05, 0) is 19.4 Å². The summed E-state index contributed by atoms with van der Waals surface area (Å²) in [7, 11) is 2.51. The van der Waals surface area contributed by atoms with Crippen molar-refractivity contribution in [3.63, 3.8) is 0 Å². The first kappa shape index (κ1) is 20.6. The maximum absolute atomic E-state index is 12.4. The maximum Gasteiger partial charge on any atom is 0.348 e. The van der Waals surface area contributed by atoms with Crippen LogP contribution in [0, 0.1) is 6.92 Å². The number of methoxy groups -OCH3 is 2. The van der Waals surface area contributed by atoms with Gasteiger partial charge in [0.25, 0.3) is 5.91 Å². The Labute approximate surface area is 161 Å². The molecule has 1 heterocycles. The van der Waals surface area contributed by atoms with Crippen LogP contribution in [0.15, 0.2) is 30.3 Å². The molecule has 2 aromatic rings. The molecule has 0 aliphatic carbocycles. The molecular formula is C19H23N2O5S+. The molecular weight excluding hydrogens is 368 g/mol. The van der Waals surface area contributed by atoms with Crippen LogP contribution in [0.5, 0.6) is 0 Å². The molecule has 27 heavy (non-hydrogen) atoms. The molecule has 1 aromatic carbocycles. The number of carbonyl (C=O) groups is 3. The second kappa shape index (κ2) is 9.29. The molecule has 0 aliphatic rings. The van der Waals surface area contributed by atoms with E-state index in [0.29, 0.717) is 5.56 Å². The lowest BCUT2D eigenvalue weighted by molar-refractivity contribution is -0.682. The summed E-state index contributed by atoms with van der Waals surface area (Å²) in [6.07, 6.45) is 0. The van der Waals surface area contributed by atoms with Gasteiger partial charge in [0.1, 0.15) is 15.9 Å². The summed E-state index contributed by atoms with van der Waals surface area (Å²) in [5.41, 5.74) is 1.71. The molecule has 0 fully saturated rings. The van der Waals surface area contributed by atoms with Gasteiger partial charge in [-0.3, -0.25) is 4.79 Å². The fourth-order valence-corrected chi connectivity index (χ4v) is 3.72. The number of benzene rings is 1. The lowest BCUT2D eigenvalue weighted by atomic mass is 10.1. The van der Waals surface area contributed by atoms with Crippen LogP contribution in [0.4, 0.5) is 5.00 Å². The van der Waals surface area contributed by atoms with Crippen molar-refractivity contribution in [2.24, 2.45) is 0 Å². The molecule has 0 saturated carbocycles. The van der Waals surface area contributed by atoms with Crippen LogP contribution >= 0.6 is 11.3 Å². The number of esters is 2. The number of quaternary nitrogens is 1. The Morgan fingerprint density at radius 2 is 1.74 bits per heavy atom. The highest BCUT2D eigenvalue weighted by molar-refractivity contribution is 7.18. The second-order valence-electron chi connectivity index (χ2n) is 5.93. The number of hydrogen-bond donors (Lipinski definition) is 2. The molecule has 144 valence electrons. The van der Waals surface area contributed by atoms with Crippen molar-refractivity contribution in [1.82, 2.24) is 0 Å². The topological polar surface area (TPSA) is 98.3 Å². The summed E-state index contributed by atoms with van der Waals surface area (Å²) < 4.78 is 9.51. The predicted molar refractivity (Wildman–Crippen MR) is 102 cm³/mol. The number of carbonyl (C=O) groups excluding carboxylic acids is 3. The minimum Gasteiger partial charge on any atom is -0.465 e. The molecule has 0 bridgehead atoms. The van der Waals surface area contributed by atoms with E-state index in [9.17, 15) is 14.4 Å². The van der Waals surface area contributed by atoms with Gasteiger partial charge in [0, 0.05) is 5.56 Å². The van der Waals surface area contributed by atoms with Crippen LogP contribution in [0.25, 0.3) is 0 Å². The first-order chi connectivity index (χ1) is 12.9. The monoisotopic (exact) mass is 391 g/mol. The Hall–Kier alpha value is -2.71. The number of thiophene rings is 1. The third-order valence-electron chi connectivity index (χ3n) is 4.14. The summed E-state index contributed by atoms with van der Waals surface area (Å²) >= 11 is 1.00. The molecule has 0 aliphatic heterocycles. The van der Waals surface area contributed by atoms with E-state index in [4.69, 9.17) is 9.47 Å². The van der Waals surface area contributed by atoms with E-state index in [-0.39, 0.29) is 33.9 Å². The molecule has 0 saturated heterocycles. The summed E-state index contributed by atoms with van der Waals surface area (Å²) in [4.78, 5) is 36.6. The van der Waals surface area contributed by atoms with Crippen LogP contribution < -0.4 is 10.6 Å². The highest BCUT2D eigenvalue weighted by atomic mass is 32.1. The van der Waals surface area contributed by atoms with Gasteiger partial charge in [-0.25, -0.2) is 9.59 Å². The first-order valence-electron chi connectivity index (χ1n) is 8.37. The number of nitrogens with two attached hydrogens (primary N) is 1. The molecule has 7 nitrogen and oxygen atoms in total. The quantitative estimate of drug-likeness (QED) is 0.703. The average Bonchev–Trinajstić information content (AvgIpc) is 3.01. The molecule has 1 amide bonds. The van der Waals surface area contributed by atoms with E-state index in [1.807, 2.05) is 42.6 Å². The zero-order valence-corrected chi connectivity index (χ0v) is 16.5. The number of rotatable bonds is 7. The van der Waals surface area contributed by atoms with E-state index in [0.717, 1.165) is 16.9 Å². The number of anilines is 1. The van der Waals surface area contributed by atoms with Gasteiger partial charge in [-0.2, -0.15) is 0 Å². The van der Waals surface area contributed by atoms with Gasteiger partial charge < -0.3 is 20.1 Å². The molecule has 3 N–H and O–H groups in total. The molecule has 0 spiro atoms. The fourth-order valence-electron chi connectivity index (χ4n) is 2.59. The third-order valence-corrected chi connectivity index (χ3v) is 5.33. The highest BCUT2D eigenvalue weighted by Gasteiger charge is 2.27. The second-order valence-corrected chi connectivity index (χ2v) is 6.95. The van der Waals surface area contributed by atoms with E-state index < -0.39 is 11.9 Å². The van der Waals surface area contributed by atoms with Crippen LogP contribution in [0.3, 0.4) is 0 Å². The molecule has 1 aromatic heterocycles. The van der Waals surface area contributed by atoms with E-state index >= 15 is 0 Å². The number of ether oxygens (including phenoxy) is 2. The van der Waals surface area contributed by atoms with Crippen LogP contribution in [0.1, 0.15) is 44.1 Å². The molecule has 2 rings (SSSR count). The Morgan fingerprint density at radius 3 is 2.33 bits per heavy atom. The minimum atomic E-state index is -0.615. The van der Waals surface area contributed by atoms with Crippen molar-refractivity contribution >= 4 is 34.2 Å². The highest BCUT2D eigenvalue weighted by Crippen LogP contribution is 2.34. The van der Waals surface area contributed by atoms with Gasteiger partial charge >= 0.3 is 11.9 Å². The number of nitrogens with one attached hydrogen (secondary N) is 1. The summed E-state index contributed by atoms with van der Waals surface area (Å²) in [5, 5.41) is 4.89. The van der Waals surface area contributed by atoms with Crippen molar-refractivity contribution in [1.29, 1.82) is 0 Å². The van der Waals surface area contributed by atoms with Gasteiger partial charge in [-0.1, -0.05) is 30.3 Å². The molecule has 0 unspecified atom stereocenters. The summed E-state index contributed by atoms with van der Waals surface area (Å²) in [6.45, 7) is 3.79. The van der Waals surface area contributed by atoms with Gasteiger partial charge in [-0.15, -0.1) is 11.3 Å². The van der Waals surface area contributed by atoms with Crippen molar-refractivity contribution in [3.8, 4) is 0 Å². The standard InChI is InChI=1S/C19H22N2O5S/c1-11-15(18(23)25-3)17(27-16(11)19(24)26-4)21-14(22)10-20-12(2)13-8-6-5-7-9-13/h5-9,12,20H,10H2,1-4H3,(H,21,22)/p+1/t12-/m0/s1. The molecule has 0 radical (unpaired) electrons. The zero-order chi connectivity index (χ0) is 20.0. The average molecular weight is 391 g/mol. The SMILES string of the molecule is COC(=O)c1sc(NC(=O)C[NH2+][C@@H](C)c2ccccc2)c(C(=O)OC)c1C. The van der Waals surface area contributed by atoms with Crippen LogP contribution in [-0.2, 0) is 14.3 Å². The normalized spacial score (nSPS) is 11.6. The summed E-state index contributed by atoms with van der Waals surface area (Å²) in [5.74, 6) is -1.45. The van der Waals surface area contributed by atoms with Crippen LogP contribution in [-0.4, -0.2) is 38.6 Å². The van der Waals surface area contributed by atoms with Crippen molar-refractivity contribution in [2.75, 3.05) is 26.1 Å². The smallest absolute Gasteiger partial charge is 0.348 e. The Kier molecular flexibility index (Phi) is 7.09. The van der Waals surface area contributed by atoms with Crippen molar-refractivity contribution in [2.45, 2.75) is 19.9 Å². The Bertz CT molecular complexity index is 832. The number of amides is 1. The van der Waals surface area contributed by atoms with Gasteiger partial charge in [0.2, 0.25) is 0 Å². The largest absolute Gasteiger partial charge is 0.465 e. The predicted octanol–water partition coefficient (Wildman–Crippen LogP) is 1.89. The zero-order valence-electron chi connectivity index (χ0n) is 15.7. The Morgan fingerprint density at radius 1 is 1.11 bits per heavy atom. The molecule has 8 heteroatoms.